The molecule has 0 spiro atoms. The van der Waals surface area contributed by atoms with Crippen molar-refractivity contribution in [3.63, 3.8) is 0 Å². The molecular weight excluding hydrogens is 576 g/mol. The second-order valence-electron chi connectivity index (χ2n) is 7.71. The Balaban J connectivity index is 1.64. The third-order valence-corrected chi connectivity index (χ3v) is 5.16. The van der Waals surface area contributed by atoms with E-state index in [4.69, 9.17) is 11.6 Å². The molecule has 0 aliphatic carbocycles. The lowest BCUT2D eigenvalue weighted by Gasteiger charge is -2.12. The van der Waals surface area contributed by atoms with Crippen molar-refractivity contribution in [3.8, 4) is 17.1 Å². The SMILES string of the molecule is Fc1ccc(Nc2nc(NN=Cc3ccc(OC(F)(F)F)cc3)nc(-c3c(F)cccc3Cl)n2)cc1C(F)(F)F. The van der Waals surface area contributed by atoms with Crippen LogP contribution < -0.4 is 15.5 Å². The number of benzene rings is 3. The van der Waals surface area contributed by atoms with E-state index >= 15 is 0 Å². The van der Waals surface area contributed by atoms with Crippen LogP contribution in [0.1, 0.15) is 11.1 Å². The monoisotopic (exact) mass is 588 g/mol. The molecule has 0 aliphatic heterocycles. The Kier molecular flexibility index (Phi) is 8.04. The number of hydrogen-bond donors (Lipinski definition) is 2. The van der Waals surface area contributed by atoms with Gasteiger partial charge in [0.15, 0.2) is 5.82 Å². The van der Waals surface area contributed by atoms with E-state index in [9.17, 15) is 35.1 Å². The van der Waals surface area contributed by atoms with Gasteiger partial charge >= 0.3 is 12.5 Å². The second kappa shape index (κ2) is 11.3. The van der Waals surface area contributed by atoms with E-state index in [1.54, 1.807) is 0 Å². The van der Waals surface area contributed by atoms with E-state index in [-0.39, 0.29) is 34.0 Å². The van der Waals surface area contributed by atoms with Gasteiger partial charge < -0.3 is 10.1 Å². The van der Waals surface area contributed by atoms with Crippen LogP contribution in [0.25, 0.3) is 11.4 Å². The van der Waals surface area contributed by atoms with Crippen LogP contribution in [-0.4, -0.2) is 27.5 Å². The Morgan fingerprint density at radius 1 is 0.825 bits per heavy atom. The average Bonchev–Trinajstić information content (AvgIpc) is 2.85. The molecule has 4 rings (SSSR count). The molecule has 0 radical (unpaired) electrons. The van der Waals surface area contributed by atoms with Crippen molar-refractivity contribution in [2.75, 3.05) is 10.7 Å². The fourth-order valence-corrected chi connectivity index (χ4v) is 3.42. The lowest BCUT2D eigenvalue weighted by molar-refractivity contribution is -0.274. The number of anilines is 3. The number of hydrogen-bond acceptors (Lipinski definition) is 7. The van der Waals surface area contributed by atoms with Crippen molar-refractivity contribution in [1.82, 2.24) is 15.0 Å². The number of halogens is 9. The Hall–Kier alpha value is -4.53. The zero-order valence-electron chi connectivity index (χ0n) is 19.4. The molecule has 4 aromatic rings. The molecule has 1 heterocycles. The van der Waals surface area contributed by atoms with Gasteiger partial charge in [0, 0.05) is 5.69 Å². The van der Waals surface area contributed by atoms with E-state index in [1.165, 1.54) is 30.5 Å². The van der Waals surface area contributed by atoms with Crippen LogP contribution in [-0.2, 0) is 6.18 Å². The van der Waals surface area contributed by atoms with Gasteiger partial charge in [0.1, 0.15) is 17.4 Å². The van der Waals surface area contributed by atoms with Gasteiger partial charge in [0.05, 0.1) is 22.4 Å². The van der Waals surface area contributed by atoms with Gasteiger partial charge in [-0.05, 0) is 60.2 Å². The van der Waals surface area contributed by atoms with E-state index < -0.39 is 35.5 Å². The Bertz CT molecular complexity index is 1520. The van der Waals surface area contributed by atoms with Crippen molar-refractivity contribution in [3.05, 3.63) is 88.4 Å². The molecule has 0 saturated heterocycles. The summed E-state index contributed by atoms with van der Waals surface area (Å²) in [6.07, 6.45) is -8.66. The lowest BCUT2D eigenvalue weighted by Crippen LogP contribution is -2.17. The van der Waals surface area contributed by atoms with E-state index in [0.29, 0.717) is 17.7 Å². The maximum atomic E-state index is 14.6. The number of nitrogens with zero attached hydrogens (tertiary/aromatic N) is 4. The molecule has 2 N–H and O–H groups in total. The maximum absolute atomic E-state index is 14.6. The molecule has 0 fully saturated rings. The van der Waals surface area contributed by atoms with Crippen LogP contribution in [0.15, 0.2) is 65.8 Å². The third kappa shape index (κ3) is 7.31. The van der Waals surface area contributed by atoms with Gasteiger partial charge in [-0.2, -0.15) is 33.2 Å². The topological polar surface area (TPSA) is 84.3 Å². The van der Waals surface area contributed by atoms with E-state index in [2.05, 4.69) is 35.5 Å². The number of hydrazone groups is 1. The normalized spacial score (nSPS) is 12.0. The van der Waals surface area contributed by atoms with Crippen LogP contribution >= 0.6 is 11.6 Å². The molecule has 40 heavy (non-hydrogen) atoms. The van der Waals surface area contributed by atoms with Gasteiger partial charge in [0.25, 0.3) is 0 Å². The van der Waals surface area contributed by atoms with Crippen LogP contribution in [0.5, 0.6) is 5.75 Å². The highest BCUT2D eigenvalue weighted by Gasteiger charge is 2.34. The minimum atomic E-state index is -4.98. The molecule has 0 amide bonds. The summed E-state index contributed by atoms with van der Waals surface area (Å²) in [6.45, 7) is 0. The lowest BCUT2D eigenvalue weighted by atomic mass is 10.2. The summed E-state index contributed by atoms with van der Waals surface area (Å²) >= 11 is 6.10. The first-order valence-electron chi connectivity index (χ1n) is 10.8. The largest absolute Gasteiger partial charge is 0.573 e. The first-order chi connectivity index (χ1) is 18.8. The highest BCUT2D eigenvalue weighted by atomic mass is 35.5. The minimum Gasteiger partial charge on any atom is -0.406 e. The summed E-state index contributed by atoms with van der Waals surface area (Å²) in [5.41, 5.74) is 0.703. The Morgan fingerprint density at radius 2 is 1.52 bits per heavy atom. The van der Waals surface area contributed by atoms with Crippen LogP contribution in [0.4, 0.5) is 52.7 Å². The standard InChI is InChI=1S/C24H13ClF8N6O/c25-16-2-1-3-18(27)19(16)20-36-21(35-13-6-9-17(26)15(10-13)23(28,29)30)38-22(37-20)39-34-11-12-4-7-14(8-5-12)40-24(31,32)33/h1-11H,(H2,35,36,37,38,39). The van der Waals surface area contributed by atoms with Crippen molar-refractivity contribution < 1.29 is 39.9 Å². The van der Waals surface area contributed by atoms with Gasteiger partial charge in [-0.25, -0.2) is 14.2 Å². The van der Waals surface area contributed by atoms with Crippen molar-refractivity contribution in [2.45, 2.75) is 12.5 Å². The highest BCUT2D eigenvalue weighted by molar-refractivity contribution is 6.33. The van der Waals surface area contributed by atoms with Crippen molar-refractivity contribution in [1.29, 1.82) is 0 Å². The minimum absolute atomic E-state index is 0.0890. The smallest absolute Gasteiger partial charge is 0.406 e. The average molecular weight is 589 g/mol. The number of ether oxygens (including phenoxy) is 1. The number of nitrogens with one attached hydrogen (secondary N) is 2. The fourth-order valence-electron chi connectivity index (χ4n) is 3.17. The quantitative estimate of drug-likeness (QED) is 0.132. The molecule has 16 heteroatoms. The van der Waals surface area contributed by atoms with Gasteiger partial charge in [-0.1, -0.05) is 17.7 Å². The van der Waals surface area contributed by atoms with Gasteiger partial charge in [-0.15, -0.1) is 13.2 Å². The summed E-state index contributed by atoms with van der Waals surface area (Å²) in [7, 11) is 0. The molecule has 0 saturated carbocycles. The van der Waals surface area contributed by atoms with Crippen molar-refractivity contribution >= 4 is 35.4 Å². The zero-order chi connectivity index (χ0) is 29.1. The van der Waals surface area contributed by atoms with Crippen LogP contribution in [0.2, 0.25) is 5.02 Å². The molecule has 1 aromatic heterocycles. The first-order valence-corrected chi connectivity index (χ1v) is 11.2. The molecule has 208 valence electrons. The molecule has 0 aliphatic rings. The molecule has 7 nitrogen and oxygen atoms in total. The first kappa shape index (κ1) is 28.5. The second-order valence-corrected chi connectivity index (χ2v) is 8.11. The predicted octanol–water partition coefficient (Wildman–Crippen LogP) is 7.58. The number of aromatic nitrogens is 3. The predicted molar refractivity (Wildman–Crippen MR) is 129 cm³/mol. The third-order valence-electron chi connectivity index (χ3n) is 4.84. The molecule has 0 unspecified atom stereocenters. The van der Waals surface area contributed by atoms with E-state index in [0.717, 1.165) is 24.3 Å². The summed E-state index contributed by atoms with van der Waals surface area (Å²) < 4.78 is 108. The van der Waals surface area contributed by atoms with Gasteiger partial charge in [-0.3, -0.25) is 0 Å². The fraction of sp³-hybridized carbons (Fsp3) is 0.0833. The molecule has 0 atom stereocenters. The van der Waals surface area contributed by atoms with Crippen molar-refractivity contribution in [2.24, 2.45) is 5.10 Å². The highest BCUT2D eigenvalue weighted by Crippen LogP contribution is 2.34. The zero-order valence-corrected chi connectivity index (χ0v) is 20.2. The summed E-state index contributed by atoms with van der Waals surface area (Å²) in [5.74, 6) is -3.80. The summed E-state index contributed by atoms with van der Waals surface area (Å²) in [5, 5.41) is 6.24. The molecule has 0 bridgehead atoms. The summed E-state index contributed by atoms with van der Waals surface area (Å²) in [6, 6.07) is 10.5. The maximum Gasteiger partial charge on any atom is 0.573 e. The Morgan fingerprint density at radius 3 is 2.17 bits per heavy atom. The van der Waals surface area contributed by atoms with Gasteiger partial charge in [0.2, 0.25) is 11.9 Å². The summed E-state index contributed by atoms with van der Waals surface area (Å²) in [4.78, 5) is 12.0. The number of alkyl halides is 6. The Labute approximate surface area is 224 Å². The van der Waals surface area contributed by atoms with Crippen LogP contribution in [0.3, 0.4) is 0 Å². The molecular formula is C24H13ClF8N6O. The number of rotatable bonds is 7. The van der Waals surface area contributed by atoms with Crippen LogP contribution in [0, 0.1) is 11.6 Å². The molecule has 3 aromatic carbocycles. The van der Waals surface area contributed by atoms with E-state index in [1.807, 2.05) is 0 Å².